The summed E-state index contributed by atoms with van der Waals surface area (Å²) < 4.78 is 14.3. The van der Waals surface area contributed by atoms with Crippen LogP contribution in [0.15, 0.2) is 48.5 Å². The van der Waals surface area contributed by atoms with Gasteiger partial charge >= 0.3 is 5.97 Å². The largest absolute Gasteiger partial charge is 0.478 e. The SMILES string of the molecule is CCCC=C(F)c1ccc(C(=O)O)c(-c2ccc(CCCC)cc2)c1. The number of allylic oxidation sites excluding steroid dienone is 1. The maximum atomic E-state index is 14.3. The van der Waals surface area contributed by atoms with Crippen LogP contribution in [0.25, 0.3) is 17.0 Å². The lowest BCUT2D eigenvalue weighted by Gasteiger charge is -2.10. The Balaban J connectivity index is 2.41. The van der Waals surface area contributed by atoms with Crippen LogP contribution in [0.4, 0.5) is 4.39 Å². The van der Waals surface area contributed by atoms with Crippen molar-refractivity contribution in [2.24, 2.45) is 0 Å². The predicted molar refractivity (Wildman–Crippen MR) is 101 cm³/mol. The smallest absolute Gasteiger partial charge is 0.336 e. The molecule has 0 aliphatic rings. The van der Waals surface area contributed by atoms with E-state index in [1.807, 2.05) is 31.2 Å². The van der Waals surface area contributed by atoms with Crippen LogP contribution in [0.3, 0.4) is 0 Å². The van der Waals surface area contributed by atoms with E-state index in [0.29, 0.717) is 17.5 Å². The van der Waals surface area contributed by atoms with E-state index in [4.69, 9.17) is 0 Å². The summed E-state index contributed by atoms with van der Waals surface area (Å²) in [6.45, 7) is 4.14. The molecule has 0 unspecified atom stereocenters. The summed E-state index contributed by atoms with van der Waals surface area (Å²) in [5.41, 5.74) is 3.18. The van der Waals surface area contributed by atoms with Crippen LogP contribution in [-0.2, 0) is 6.42 Å². The number of hydrogen-bond acceptors (Lipinski definition) is 1. The Morgan fingerprint density at radius 2 is 1.80 bits per heavy atom. The van der Waals surface area contributed by atoms with Crippen LogP contribution >= 0.6 is 0 Å². The van der Waals surface area contributed by atoms with Crippen molar-refractivity contribution in [2.45, 2.75) is 46.0 Å². The number of aryl methyl sites for hydroxylation is 1. The third kappa shape index (κ3) is 5.02. The number of unbranched alkanes of at least 4 members (excludes halogenated alkanes) is 2. The van der Waals surface area contributed by atoms with Crippen molar-refractivity contribution < 1.29 is 14.3 Å². The molecule has 2 aromatic carbocycles. The minimum Gasteiger partial charge on any atom is -0.478 e. The molecule has 0 atom stereocenters. The summed E-state index contributed by atoms with van der Waals surface area (Å²) >= 11 is 0. The Morgan fingerprint density at radius 1 is 1.08 bits per heavy atom. The van der Waals surface area contributed by atoms with Gasteiger partial charge in [-0.2, -0.15) is 0 Å². The minimum atomic E-state index is -1.01. The van der Waals surface area contributed by atoms with Gasteiger partial charge in [0.1, 0.15) is 5.83 Å². The van der Waals surface area contributed by atoms with Crippen molar-refractivity contribution in [2.75, 3.05) is 0 Å². The number of benzene rings is 2. The number of aromatic carboxylic acids is 1. The molecular weight excluding hydrogens is 315 g/mol. The fraction of sp³-hybridized carbons (Fsp3) is 0.318. The molecule has 1 N–H and O–H groups in total. The van der Waals surface area contributed by atoms with Gasteiger partial charge < -0.3 is 5.11 Å². The number of hydrogen-bond donors (Lipinski definition) is 1. The van der Waals surface area contributed by atoms with E-state index in [0.717, 1.165) is 31.2 Å². The van der Waals surface area contributed by atoms with Gasteiger partial charge in [-0.05, 0) is 54.2 Å². The average molecular weight is 340 g/mol. The lowest BCUT2D eigenvalue weighted by Crippen LogP contribution is -2.00. The molecule has 0 fully saturated rings. The number of carboxylic acids is 1. The standard InChI is InChI=1S/C22H25FO2/c1-3-5-7-16-9-11-17(12-10-16)20-15-18(21(23)8-6-4-2)13-14-19(20)22(24)25/h8-15H,3-7H2,1-2H3,(H,24,25). The Morgan fingerprint density at radius 3 is 2.40 bits per heavy atom. The lowest BCUT2D eigenvalue weighted by molar-refractivity contribution is 0.0697. The van der Waals surface area contributed by atoms with E-state index in [1.165, 1.54) is 17.7 Å². The molecule has 0 aliphatic carbocycles. The first-order chi connectivity index (χ1) is 12.1. The van der Waals surface area contributed by atoms with Gasteiger partial charge in [0.05, 0.1) is 5.56 Å². The van der Waals surface area contributed by atoms with Crippen molar-refractivity contribution >= 4 is 11.8 Å². The molecule has 2 aromatic rings. The third-order valence-corrected chi connectivity index (χ3v) is 4.22. The lowest BCUT2D eigenvalue weighted by atomic mass is 9.95. The summed E-state index contributed by atoms with van der Waals surface area (Å²) in [5, 5.41) is 9.46. The van der Waals surface area contributed by atoms with Crippen LogP contribution in [0.1, 0.15) is 61.0 Å². The number of halogens is 1. The molecule has 0 spiro atoms. The van der Waals surface area contributed by atoms with Gasteiger partial charge in [-0.1, -0.05) is 57.0 Å². The van der Waals surface area contributed by atoms with Gasteiger partial charge in [0.25, 0.3) is 0 Å². The van der Waals surface area contributed by atoms with E-state index >= 15 is 0 Å². The monoisotopic (exact) mass is 340 g/mol. The van der Waals surface area contributed by atoms with Gasteiger partial charge in [-0.3, -0.25) is 0 Å². The molecule has 0 amide bonds. The summed E-state index contributed by atoms with van der Waals surface area (Å²) in [6.07, 6.45) is 6.35. The quantitative estimate of drug-likeness (QED) is 0.595. The Kier molecular flexibility index (Phi) is 6.93. The van der Waals surface area contributed by atoms with E-state index in [1.54, 1.807) is 12.1 Å². The van der Waals surface area contributed by atoms with E-state index in [2.05, 4.69) is 6.92 Å². The zero-order valence-electron chi connectivity index (χ0n) is 14.9. The second-order valence-corrected chi connectivity index (χ2v) is 6.21. The first-order valence-corrected chi connectivity index (χ1v) is 8.89. The van der Waals surface area contributed by atoms with Crippen molar-refractivity contribution in [3.05, 3.63) is 65.2 Å². The van der Waals surface area contributed by atoms with Gasteiger partial charge in [0.15, 0.2) is 0 Å². The fourth-order valence-corrected chi connectivity index (χ4v) is 2.74. The summed E-state index contributed by atoms with van der Waals surface area (Å²) in [6, 6.07) is 12.5. The molecule has 25 heavy (non-hydrogen) atoms. The summed E-state index contributed by atoms with van der Waals surface area (Å²) in [5.74, 6) is -1.31. The van der Waals surface area contributed by atoms with Gasteiger partial charge in [-0.25, -0.2) is 9.18 Å². The van der Waals surface area contributed by atoms with Gasteiger partial charge in [0, 0.05) is 5.56 Å². The maximum Gasteiger partial charge on any atom is 0.336 e. The Hall–Kier alpha value is -2.42. The highest BCUT2D eigenvalue weighted by molar-refractivity contribution is 5.96. The molecule has 132 valence electrons. The van der Waals surface area contributed by atoms with Crippen molar-refractivity contribution in [3.8, 4) is 11.1 Å². The zero-order valence-corrected chi connectivity index (χ0v) is 14.9. The molecule has 2 rings (SSSR count). The highest BCUT2D eigenvalue weighted by Gasteiger charge is 2.14. The predicted octanol–water partition coefficient (Wildman–Crippen LogP) is 6.50. The van der Waals surface area contributed by atoms with Crippen molar-refractivity contribution in [1.29, 1.82) is 0 Å². The maximum absolute atomic E-state index is 14.3. The Bertz CT molecular complexity index is 745. The zero-order chi connectivity index (χ0) is 18.2. The second kappa shape index (κ2) is 9.16. The summed E-state index contributed by atoms with van der Waals surface area (Å²) in [7, 11) is 0. The minimum absolute atomic E-state index is 0.188. The first-order valence-electron chi connectivity index (χ1n) is 8.89. The highest BCUT2D eigenvalue weighted by Crippen LogP contribution is 2.29. The highest BCUT2D eigenvalue weighted by atomic mass is 19.1. The Labute approximate surface area is 149 Å². The van der Waals surface area contributed by atoms with Crippen LogP contribution < -0.4 is 0 Å². The van der Waals surface area contributed by atoms with Crippen molar-refractivity contribution in [3.63, 3.8) is 0 Å². The molecule has 0 aromatic heterocycles. The molecule has 0 heterocycles. The van der Waals surface area contributed by atoms with Crippen LogP contribution in [0, 0.1) is 0 Å². The van der Waals surface area contributed by atoms with E-state index in [9.17, 15) is 14.3 Å². The molecule has 3 heteroatoms. The first kappa shape index (κ1) is 18.9. The number of rotatable bonds is 8. The molecule has 0 bridgehead atoms. The molecule has 0 saturated heterocycles. The molecule has 0 saturated carbocycles. The summed E-state index contributed by atoms with van der Waals surface area (Å²) in [4.78, 5) is 11.5. The van der Waals surface area contributed by atoms with Crippen LogP contribution in [0.5, 0.6) is 0 Å². The number of carbonyl (C=O) groups is 1. The molecular formula is C22H25FO2. The molecule has 0 aliphatic heterocycles. The van der Waals surface area contributed by atoms with E-state index in [-0.39, 0.29) is 11.4 Å². The van der Waals surface area contributed by atoms with Gasteiger partial charge in [0.2, 0.25) is 0 Å². The third-order valence-electron chi connectivity index (χ3n) is 4.22. The van der Waals surface area contributed by atoms with Crippen LogP contribution in [0.2, 0.25) is 0 Å². The topological polar surface area (TPSA) is 37.3 Å². The molecule has 2 nitrogen and oxygen atoms in total. The van der Waals surface area contributed by atoms with Crippen molar-refractivity contribution in [1.82, 2.24) is 0 Å². The average Bonchev–Trinajstić information content (AvgIpc) is 2.64. The normalized spacial score (nSPS) is 11.6. The second-order valence-electron chi connectivity index (χ2n) is 6.21. The van der Waals surface area contributed by atoms with Gasteiger partial charge in [-0.15, -0.1) is 0 Å². The van der Waals surface area contributed by atoms with E-state index < -0.39 is 5.97 Å². The fourth-order valence-electron chi connectivity index (χ4n) is 2.74. The number of carboxylic acid groups (broad SMARTS) is 1. The molecule has 0 radical (unpaired) electrons. The van der Waals surface area contributed by atoms with Crippen LogP contribution in [-0.4, -0.2) is 11.1 Å².